The van der Waals surface area contributed by atoms with Crippen LogP contribution < -0.4 is 5.32 Å². The molecule has 1 N–H and O–H groups in total. The van der Waals surface area contributed by atoms with Crippen molar-refractivity contribution >= 4 is 21.8 Å². The number of carbonyl (C=O) groups excluding carboxylic acids is 1. The summed E-state index contributed by atoms with van der Waals surface area (Å²) in [5.41, 5.74) is 0. The van der Waals surface area contributed by atoms with Gasteiger partial charge in [0.25, 0.3) is 0 Å². The van der Waals surface area contributed by atoms with Crippen LogP contribution in [0.25, 0.3) is 0 Å². The van der Waals surface area contributed by atoms with E-state index in [-0.39, 0.29) is 5.91 Å². The maximum Gasteiger partial charge on any atom is 0.219 e. The summed E-state index contributed by atoms with van der Waals surface area (Å²) in [4.78, 5) is 11.6. The van der Waals surface area contributed by atoms with E-state index in [0.717, 1.165) is 24.7 Å². The van der Waals surface area contributed by atoms with Gasteiger partial charge in [0.05, 0.1) is 0 Å². The van der Waals surface area contributed by atoms with Crippen LogP contribution in [0.4, 0.5) is 0 Å². The van der Waals surface area contributed by atoms with Crippen LogP contribution in [-0.4, -0.2) is 17.8 Å². The number of amides is 1. The number of halogens is 1. The van der Waals surface area contributed by atoms with Gasteiger partial charge < -0.3 is 5.32 Å². The van der Waals surface area contributed by atoms with E-state index >= 15 is 0 Å². The normalized spacial score (nSPS) is 10.8. The highest BCUT2D eigenvalue weighted by Crippen LogP contribution is 2.08. The highest BCUT2D eigenvalue weighted by Gasteiger charge is 2.00. The minimum absolute atomic E-state index is 0.249. The summed E-state index contributed by atoms with van der Waals surface area (Å²) in [5.74, 6) is 0.249. The summed E-state index contributed by atoms with van der Waals surface area (Å²) in [6.45, 7) is 3.13. The molecule has 0 aliphatic carbocycles. The fraction of sp³-hybridized carbons (Fsp3) is 0.944. The van der Waals surface area contributed by atoms with E-state index in [2.05, 4.69) is 28.2 Å². The van der Waals surface area contributed by atoms with E-state index in [1.54, 1.807) is 0 Å². The molecule has 0 unspecified atom stereocenters. The number of unbranched alkanes of at least 4 members (excludes halogenated alkanes) is 11. The fourth-order valence-corrected chi connectivity index (χ4v) is 2.88. The molecule has 0 spiro atoms. The highest BCUT2D eigenvalue weighted by molar-refractivity contribution is 9.09. The van der Waals surface area contributed by atoms with E-state index < -0.39 is 0 Å². The molecule has 2 nitrogen and oxygen atoms in total. The van der Waals surface area contributed by atoms with Crippen LogP contribution in [0, 0.1) is 0 Å². The smallest absolute Gasteiger partial charge is 0.219 e. The van der Waals surface area contributed by atoms with Crippen molar-refractivity contribution in [3.63, 3.8) is 0 Å². The van der Waals surface area contributed by atoms with Gasteiger partial charge in [0.1, 0.15) is 0 Å². The van der Waals surface area contributed by atoms with Gasteiger partial charge in [-0.05, 0) is 19.3 Å². The summed E-state index contributed by atoms with van der Waals surface area (Å²) < 4.78 is 0. The third kappa shape index (κ3) is 17.9. The van der Waals surface area contributed by atoms with Crippen molar-refractivity contribution in [2.45, 2.75) is 96.8 Å². The quantitative estimate of drug-likeness (QED) is 0.266. The SMILES string of the molecule is CCCCCCCCCCNC(=O)CCCCCCCBr. The van der Waals surface area contributed by atoms with Crippen LogP contribution in [0.2, 0.25) is 0 Å². The van der Waals surface area contributed by atoms with Crippen LogP contribution in [0.15, 0.2) is 0 Å². The Kier molecular flexibility index (Phi) is 18.0. The molecule has 0 heterocycles. The lowest BCUT2D eigenvalue weighted by atomic mass is 10.1. The number of alkyl halides is 1. The van der Waals surface area contributed by atoms with E-state index in [1.807, 2.05) is 0 Å². The predicted octanol–water partition coefficient (Wildman–Crippen LogP) is 5.98. The second-order valence-electron chi connectivity index (χ2n) is 6.03. The van der Waals surface area contributed by atoms with Gasteiger partial charge in [-0.1, -0.05) is 87.1 Å². The zero-order chi connectivity index (χ0) is 15.6. The molecule has 0 aromatic heterocycles. The molecule has 0 bridgehead atoms. The van der Waals surface area contributed by atoms with Crippen molar-refractivity contribution in [3.8, 4) is 0 Å². The molecule has 126 valence electrons. The maximum atomic E-state index is 11.6. The second kappa shape index (κ2) is 18.0. The van der Waals surface area contributed by atoms with Gasteiger partial charge in [-0.25, -0.2) is 0 Å². The Bertz CT molecular complexity index is 221. The molecule has 3 heteroatoms. The lowest BCUT2D eigenvalue weighted by Crippen LogP contribution is -2.23. The van der Waals surface area contributed by atoms with Crippen molar-refractivity contribution in [2.75, 3.05) is 11.9 Å². The van der Waals surface area contributed by atoms with Gasteiger partial charge in [0, 0.05) is 18.3 Å². The highest BCUT2D eigenvalue weighted by atomic mass is 79.9. The number of hydrogen-bond acceptors (Lipinski definition) is 1. The van der Waals surface area contributed by atoms with Crippen molar-refractivity contribution < 1.29 is 4.79 Å². The Morgan fingerprint density at radius 1 is 0.762 bits per heavy atom. The van der Waals surface area contributed by atoms with Gasteiger partial charge in [0.2, 0.25) is 5.91 Å². The predicted molar refractivity (Wildman–Crippen MR) is 97.1 cm³/mol. The van der Waals surface area contributed by atoms with E-state index in [9.17, 15) is 4.79 Å². The van der Waals surface area contributed by atoms with Crippen molar-refractivity contribution in [1.82, 2.24) is 5.32 Å². The maximum absolute atomic E-state index is 11.6. The summed E-state index contributed by atoms with van der Waals surface area (Å²) in [6.07, 6.45) is 17.3. The minimum Gasteiger partial charge on any atom is -0.356 e. The Labute approximate surface area is 141 Å². The zero-order valence-electron chi connectivity index (χ0n) is 14.1. The minimum atomic E-state index is 0.249. The Morgan fingerprint density at radius 2 is 1.29 bits per heavy atom. The average molecular weight is 362 g/mol. The first-order valence-electron chi connectivity index (χ1n) is 9.14. The first-order chi connectivity index (χ1) is 10.3. The Hall–Kier alpha value is -0.0500. The Balaban J connectivity index is 3.12. The molecule has 0 aromatic rings. The molecule has 0 fully saturated rings. The molecule has 0 saturated heterocycles. The molecule has 0 aliphatic heterocycles. The molecule has 0 aromatic carbocycles. The molecule has 0 atom stereocenters. The summed E-state index contributed by atoms with van der Waals surface area (Å²) in [5, 5.41) is 4.15. The van der Waals surface area contributed by atoms with Gasteiger partial charge in [0.15, 0.2) is 0 Å². The number of carbonyl (C=O) groups is 1. The van der Waals surface area contributed by atoms with Gasteiger partial charge >= 0.3 is 0 Å². The molecule has 0 rings (SSSR count). The number of rotatable bonds is 16. The first-order valence-corrected chi connectivity index (χ1v) is 10.3. The molecular formula is C18H36BrNO. The topological polar surface area (TPSA) is 29.1 Å². The van der Waals surface area contributed by atoms with E-state index in [0.29, 0.717) is 6.42 Å². The standard InChI is InChI=1S/C18H36BrNO/c1-2-3-4-5-6-7-11-14-17-20-18(21)15-12-9-8-10-13-16-19/h2-17H2,1H3,(H,20,21). The lowest BCUT2D eigenvalue weighted by Gasteiger charge is -2.05. The Morgan fingerprint density at radius 3 is 1.90 bits per heavy atom. The van der Waals surface area contributed by atoms with Crippen LogP contribution in [0.3, 0.4) is 0 Å². The summed E-state index contributed by atoms with van der Waals surface area (Å²) in [6, 6.07) is 0. The van der Waals surface area contributed by atoms with Crippen molar-refractivity contribution in [3.05, 3.63) is 0 Å². The van der Waals surface area contributed by atoms with Gasteiger partial charge in [-0.3, -0.25) is 4.79 Å². The van der Waals surface area contributed by atoms with E-state index in [4.69, 9.17) is 0 Å². The van der Waals surface area contributed by atoms with Gasteiger partial charge in [-0.15, -0.1) is 0 Å². The lowest BCUT2D eigenvalue weighted by molar-refractivity contribution is -0.121. The number of hydrogen-bond donors (Lipinski definition) is 1. The third-order valence-corrected chi connectivity index (χ3v) is 4.45. The van der Waals surface area contributed by atoms with Crippen molar-refractivity contribution in [2.24, 2.45) is 0 Å². The van der Waals surface area contributed by atoms with Crippen LogP contribution >= 0.6 is 15.9 Å². The molecular weight excluding hydrogens is 326 g/mol. The summed E-state index contributed by atoms with van der Waals surface area (Å²) >= 11 is 3.44. The molecule has 0 aliphatic rings. The second-order valence-corrected chi connectivity index (χ2v) is 6.82. The van der Waals surface area contributed by atoms with Crippen molar-refractivity contribution in [1.29, 1.82) is 0 Å². The molecule has 0 radical (unpaired) electrons. The largest absolute Gasteiger partial charge is 0.356 e. The van der Waals surface area contributed by atoms with Crippen LogP contribution in [0.5, 0.6) is 0 Å². The van der Waals surface area contributed by atoms with Crippen LogP contribution in [0.1, 0.15) is 96.8 Å². The molecule has 0 saturated carbocycles. The van der Waals surface area contributed by atoms with Crippen LogP contribution in [-0.2, 0) is 4.79 Å². The first kappa shape index (κ1) is 20.9. The third-order valence-electron chi connectivity index (χ3n) is 3.89. The molecule has 21 heavy (non-hydrogen) atoms. The average Bonchev–Trinajstić information content (AvgIpc) is 2.49. The monoisotopic (exact) mass is 361 g/mol. The number of nitrogens with one attached hydrogen (secondary N) is 1. The van der Waals surface area contributed by atoms with E-state index in [1.165, 1.54) is 70.6 Å². The summed E-state index contributed by atoms with van der Waals surface area (Å²) in [7, 11) is 0. The fourth-order valence-electron chi connectivity index (χ4n) is 2.49. The molecule has 1 amide bonds. The zero-order valence-corrected chi connectivity index (χ0v) is 15.7. The van der Waals surface area contributed by atoms with Gasteiger partial charge in [-0.2, -0.15) is 0 Å².